The highest BCUT2D eigenvalue weighted by Gasteiger charge is 2.02. The third kappa shape index (κ3) is 2.27. The first-order valence-corrected chi connectivity index (χ1v) is 6.17. The average Bonchev–Trinajstić information content (AvgIpc) is 2.25. The van der Waals surface area contributed by atoms with E-state index in [9.17, 15) is 4.79 Å². The van der Waals surface area contributed by atoms with Crippen LogP contribution in [0, 0.1) is 6.92 Å². The molecule has 1 N–H and O–H groups in total. The predicted octanol–water partition coefficient (Wildman–Crippen LogP) is 2.91. The van der Waals surface area contributed by atoms with Crippen LogP contribution < -0.4 is 10.9 Å². The monoisotopic (exact) mass is 281 g/mol. The van der Waals surface area contributed by atoms with Crippen LogP contribution in [0.15, 0.2) is 33.5 Å². The highest BCUT2D eigenvalue weighted by atomic mass is 79.9. The number of anilines is 1. The summed E-state index contributed by atoms with van der Waals surface area (Å²) in [4.78, 5) is 11.2. The number of aryl methyl sites for hydroxylation is 1. The molecule has 0 saturated heterocycles. The van der Waals surface area contributed by atoms with Crippen LogP contribution >= 0.6 is 15.9 Å². The zero-order valence-electron chi connectivity index (χ0n) is 8.92. The predicted molar refractivity (Wildman–Crippen MR) is 69.5 cm³/mol. The van der Waals surface area contributed by atoms with Crippen LogP contribution in [0.25, 0.3) is 11.0 Å². The summed E-state index contributed by atoms with van der Waals surface area (Å²) in [6.45, 7) is 2.74. The molecular formula is C12H12BrNO2. The zero-order chi connectivity index (χ0) is 11.5. The number of hydrogen-bond acceptors (Lipinski definition) is 3. The molecular weight excluding hydrogens is 270 g/mol. The summed E-state index contributed by atoms with van der Waals surface area (Å²) < 4.78 is 5.16. The molecule has 2 aromatic rings. The molecule has 1 aromatic carbocycles. The second-order valence-corrected chi connectivity index (χ2v) is 4.37. The molecule has 16 heavy (non-hydrogen) atoms. The Labute approximate surface area is 102 Å². The van der Waals surface area contributed by atoms with Crippen LogP contribution in [0.1, 0.15) is 5.56 Å². The fourth-order valence-corrected chi connectivity index (χ4v) is 1.82. The second kappa shape index (κ2) is 4.70. The van der Waals surface area contributed by atoms with Gasteiger partial charge in [0, 0.05) is 35.1 Å². The highest BCUT2D eigenvalue weighted by molar-refractivity contribution is 9.09. The van der Waals surface area contributed by atoms with Gasteiger partial charge in [-0.05, 0) is 24.6 Å². The van der Waals surface area contributed by atoms with Gasteiger partial charge in [-0.3, -0.25) is 0 Å². The van der Waals surface area contributed by atoms with E-state index < -0.39 is 0 Å². The molecule has 0 aliphatic rings. The lowest BCUT2D eigenvalue weighted by Gasteiger charge is -2.06. The number of alkyl halides is 1. The van der Waals surface area contributed by atoms with Gasteiger partial charge in [-0.25, -0.2) is 4.79 Å². The molecule has 0 saturated carbocycles. The lowest BCUT2D eigenvalue weighted by molar-refractivity contribution is 0.560. The van der Waals surface area contributed by atoms with Gasteiger partial charge in [0.25, 0.3) is 0 Å². The van der Waals surface area contributed by atoms with Crippen molar-refractivity contribution in [3.63, 3.8) is 0 Å². The van der Waals surface area contributed by atoms with Crippen molar-refractivity contribution in [3.05, 3.63) is 40.2 Å². The van der Waals surface area contributed by atoms with Crippen LogP contribution in [0.5, 0.6) is 0 Å². The van der Waals surface area contributed by atoms with Crippen LogP contribution in [0.4, 0.5) is 5.69 Å². The van der Waals surface area contributed by atoms with Gasteiger partial charge in [-0.15, -0.1) is 0 Å². The van der Waals surface area contributed by atoms with E-state index in [1.807, 2.05) is 25.1 Å². The summed E-state index contributed by atoms with van der Waals surface area (Å²) >= 11 is 3.34. The van der Waals surface area contributed by atoms with E-state index in [2.05, 4.69) is 21.2 Å². The van der Waals surface area contributed by atoms with Crippen molar-refractivity contribution < 1.29 is 4.42 Å². The third-order valence-electron chi connectivity index (χ3n) is 2.37. The molecule has 3 nitrogen and oxygen atoms in total. The summed E-state index contributed by atoms with van der Waals surface area (Å²) in [6.07, 6.45) is 0. The van der Waals surface area contributed by atoms with E-state index in [1.54, 1.807) is 0 Å². The highest BCUT2D eigenvalue weighted by Crippen LogP contribution is 2.20. The van der Waals surface area contributed by atoms with Crippen molar-refractivity contribution in [2.75, 3.05) is 17.2 Å². The SMILES string of the molecule is Cc1cc(=O)oc2cc(NCCBr)ccc12. The topological polar surface area (TPSA) is 42.2 Å². The smallest absolute Gasteiger partial charge is 0.336 e. The van der Waals surface area contributed by atoms with Gasteiger partial charge in [0.1, 0.15) is 5.58 Å². The van der Waals surface area contributed by atoms with E-state index >= 15 is 0 Å². The van der Waals surface area contributed by atoms with Gasteiger partial charge in [0.05, 0.1) is 0 Å². The van der Waals surface area contributed by atoms with Crippen LogP contribution in [-0.2, 0) is 0 Å². The summed E-state index contributed by atoms with van der Waals surface area (Å²) in [7, 11) is 0. The van der Waals surface area contributed by atoms with Crippen molar-refractivity contribution >= 4 is 32.6 Å². The van der Waals surface area contributed by atoms with Crippen molar-refractivity contribution in [3.8, 4) is 0 Å². The van der Waals surface area contributed by atoms with E-state index in [1.165, 1.54) is 6.07 Å². The average molecular weight is 282 g/mol. The summed E-state index contributed by atoms with van der Waals surface area (Å²) in [6, 6.07) is 7.31. The van der Waals surface area contributed by atoms with Crippen LogP contribution in [0.2, 0.25) is 0 Å². The molecule has 0 spiro atoms. The van der Waals surface area contributed by atoms with E-state index in [0.29, 0.717) is 5.58 Å². The Morgan fingerprint density at radius 1 is 1.38 bits per heavy atom. The largest absolute Gasteiger partial charge is 0.423 e. The van der Waals surface area contributed by atoms with E-state index in [0.717, 1.165) is 28.5 Å². The quantitative estimate of drug-likeness (QED) is 0.695. The number of hydrogen-bond donors (Lipinski definition) is 1. The summed E-state index contributed by atoms with van der Waals surface area (Å²) in [5.41, 5.74) is 2.23. The number of nitrogens with one attached hydrogen (secondary N) is 1. The van der Waals surface area contributed by atoms with Gasteiger partial charge in [-0.2, -0.15) is 0 Å². The molecule has 2 rings (SSSR count). The molecule has 0 unspecified atom stereocenters. The maximum Gasteiger partial charge on any atom is 0.336 e. The first-order valence-electron chi connectivity index (χ1n) is 5.05. The maximum atomic E-state index is 11.2. The Morgan fingerprint density at radius 3 is 2.94 bits per heavy atom. The normalized spacial score (nSPS) is 10.6. The summed E-state index contributed by atoms with van der Waals surface area (Å²) in [5.74, 6) is 0. The molecule has 1 aromatic heterocycles. The van der Waals surface area contributed by atoms with Crippen molar-refractivity contribution in [2.24, 2.45) is 0 Å². The zero-order valence-corrected chi connectivity index (χ0v) is 10.5. The molecule has 0 fully saturated rings. The van der Waals surface area contributed by atoms with Crippen molar-refractivity contribution in [1.29, 1.82) is 0 Å². The molecule has 0 radical (unpaired) electrons. The Bertz CT molecular complexity index is 562. The summed E-state index contributed by atoms with van der Waals surface area (Å²) in [5, 5.41) is 5.07. The van der Waals surface area contributed by atoms with Gasteiger partial charge < -0.3 is 9.73 Å². The van der Waals surface area contributed by atoms with Crippen LogP contribution in [-0.4, -0.2) is 11.9 Å². The Kier molecular flexibility index (Phi) is 3.29. The van der Waals surface area contributed by atoms with Gasteiger partial charge >= 0.3 is 5.63 Å². The Morgan fingerprint density at radius 2 is 2.19 bits per heavy atom. The van der Waals surface area contributed by atoms with Gasteiger partial charge in [-0.1, -0.05) is 15.9 Å². The van der Waals surface area contributed by atoms with E-state index in [4.69, 9.17) is 4.42 Å². The van der Waals surface area contributed by atoms with E-state index in [-0.39, 0.29) is 5.63 Å². The number of benzene rings is 1. The third-order valence-corrected chi connectivity index (χ3v) is 2.77. The molecule has 0 aliphatic heterocycles. The molecule has 0 amide bonds. The molecule has 84 valence electrons. The minimum absolute atomic E-state index is 0.303. The first kappa shape index (κ1) is 11.2. The van der Waals surface area contributed by atoms with Crippen LogP contribution in [0.3, 0.4) is 0 Å². The molecule has 0 atom stereocenters. The molecule has 4 heteroatoms. The lowest BCUT2D eigenvalue weighted by atomic mass is 10.1. The Balaban J connectivity index is 2.49. The fourth-order valence-electron chi connectivity index (χ4n) is 1.63. The first-order chi connectivity index (χ1) is 7.70. The second-order valence-electron chi connectivity index (χ2n) is 3.58. The van der Waals surface area contributed by atoms with Crippen molar-refractivity contribution in [1.82, 2.24) is 0 Å². The van der Waals surface area contributed by atoms with Crippen molar-refractivity contribution in [2.45, 2.75) is 6.92 Å². The minimum Gasteiger partial charge on any atom is -0.423 e. The number of fused-ring (bicyclic) bond motifs is 1. The number of halogens is 1. The fraction of sp³-hybridized carbons (Fsp3) is 0.250. The molecule has 0 aliphatic carbocycles. The van der Waals surface area contributed by atoms with Gasteiger partial charge in [0.15, 0.2) is 0 Å². The minimum atomic E-state index is -0.303. The molecule has 0 bridgehead atoms. The van der Waals surface area contributed by atoms with Gasteiger partial charge in [0.2, 0.25) is 0 Å². The molecule has 1 heterocycles. The standard InChI is InChI=1S/C12H12BrNO2/c1-8-6-12(15)16-11-7-9(14-5-4-13)2-3-10(8)11/h2-3,6-7,14H,4-5H2,1H3. The maximum absolute atomic E-state index is 11.2. The number of rotatable bonds is 3. The Hall–Kier alpha value is -1.29. The lowest BCUT2D eigenvalue weighted by Crippen LogP contribution is -2.03.